The minimum Gasteiger partial charge on any atom is -0.494 e. The summed E-state index contributed by atoms with van der Waals surface area (Å²) in [5.41, 5.74) is 1.16. The van der Waals surface area contributed by atoms with E-state index in [0.29, 0.717) is 29.4 Å². The molecule has 0 N–H and O–H groups in total. The molecule has 3 nitrogen and oxygen atoms in total. The van der Waals surface area contributed by atoms with Crippen LogP contribution in [0.3, 0.4) is 0 Å². The van der Waals surface area contributed by atoms with E-state index in [4.69, 9.17) is 9.47 Å². The molecule has 0 atom stereocenters. The molecule has 0 heterocycles. The molecule has 0 bridgehead atoms. The predicted molar refractivity (Wildman–Crippen MR) is 125 cm³/mol. The number of esters is 1. The zero-order valence-electron chi connectivity index (χ0n) is 19.2. The Bertz CT molecular complexity index is 1170. The lowest BCUT2D eigenvalue weighted by Gasteiger charge is -2.27. The zero-order chi connectivity index (χ0) is 24.2. The van der Waals surface area contributed by atoms with Crippen molar-refractivity contribution in [3.63, 3.8) is 0 Å². The van der Waals surface area contributed by atoms with Gasteiger partial charge in [-0.05, 0) is 67.0 Å². The standard InChI is InChI=1S/C28H27F3O3/c1-3-33-21-12-15-25(24(29)16-21)34-28(32)20-10-8-19(9-11-20)23-14-13-22(26(30)27(23)31)18-6-4-17(2)5-7-18/h8-18H,3-7H2,1-2H3. The molecule has 1 fully saturated rings. The van der Waals surface area contributed by atoms with Gasteiger partial charge in [-0.3, -0.25) is 0 Å². The maximum absolute atomic E-state index is 14.9. The number of ether oxygens (including phenoxy) is 2. The van der Waals surface area contributed by atoms with Gasteiger partial charge in [-0.1, -0.05) is 44.0 Å². The Labute approximate surface area is 197 Å². The van der Waals surface area contributed by atoms with Crippen molar-refractivity contribution >= 4 is 5.97 Å². The van der Waals surface area contributed by atoms with Gasteiger partial charge in [-0.2, -0.15) is 0 Å². The Kier molecular flexibility index (Phi) is 7.25. The summed E-state index contributed by atoms with van der Waals surface area (Å²) >= 11 is 0. The van der Waals surface area contributed by atoms with Crippen molar-refractivity contribution in [1.29, 1.82) is 0 Å². The molecule has 0 aliphatic heterocycles. The monoisotopic (exact) mass is 468 g/mol. The van der Waals surface area contributed by atoms with Gasteiger partial charge < -0.3 is 9.47 Å². The lowest BCUT2D eigenvalue weighted by atomic mass is 9.79. The molecule has 1 aliphatic rings. The van der Waals surface area contributed by atoms with Crippen LogP contribution in [0.25, 0.3) is 11.1 Å². The fourth-order valence-electron chi connectivity index (χ4n) is 4.44. The Morgan fingerprint density at radius 2 is 1.62 bits per heavy atom. The number of hydrogen-bond donors (Lipinski definition) is 0. The second-order valence-corrected chi connectivity index (χ2v) is 8.78. The zero-order valence-corrected chi connectivity index (χ0v) is 19.2. The van der Waals surface area contributed by atoms with Gasteiger partial charge in [0.05, 0.1) is 12.2 Å². The number of carbonyl (C=O) groups is 1. The lowest BCUT2D eigenvalue weighted by molar-refractivity contribution is 0.0727. The van der Waals surface area contributed by atoms with E-state index in [0.717, 1.165) is 31.7 Å². The van der Waals surface area contributed by atoms with Crippen LogP contribution in [-0.2, 0) is 0 Å². The molecule has 0 amide bonds. The number of rotatable bonds is 6. The maximum Gasteiger partial charge on any atom is 0.343 e. The Balaban J connectivity index is 1.49. The molecule has 34 heavy (non-hydrogen) atoms. The van der Waals surface area contributed by atoms with Crippen molar-refractivity contribution in [3.8, 4) is 22.6 Å². The van der Waals surface area contributed by atoms with Crippen molar-refractivity contribution in [2.75, 3.05) is 6.61 Å². The molecule has 4 rings (SSSR count). The van der Waals surface area contributed by atoms with E-state index in [2.05, 4.69) is 6.92 Å². The fraction of sp³-hybridized carbons (Fsp3) is 0.321. The van der Waals surface area contributed by atoms with Crippen LogP contribution in [0.2, 0.25) is 0 Å². The maximum atomic E-state index is 14.9. The van der Waals surface area contributed by atoms with Crippen molar-refractivity contribution in [2.45, 2.75) is 45.4 Å². The fourth-order valence-corrected chi connectivity index (χ4v) is 4.44. The molecular weight excluding hydrogens is 441 g/mol. The van der Waals surface area contributed by atoms with E-state index in [1.165, 1.54) is 36.4 Å². The summed E-state index contributed by atoms with van der Waals surface area (Å²) in [6.07, 6.45) is 3.77. The Morgan fingerprint density at radius 3 is 2.26 bits per heavy atom. The molecular formula is C28H27F3O3. The first-order valence-electron chi connectivity index (χ1n) is 11.6. The van der Waals surface area contributed by atoms with Crippen LogP contribution in [0.5, 0.6) is 11.5 Å². The molecule has 3 aromatic rings. The Hall–Kier alpha value is -3.28. The minimum atomic E-state index is -0.886. The third-order valence-electron chi connectivity index (χ3n) is 6.42. The van der Waals surface area contributed by atoms with Gasteiger partial charge in [0.15, 0.2) is 23.2 Å². The summed E-state index contributed by atoms with van der Waals surface area (Å²) in [4.78, 5) is 12.4. The summed E-state index contributed by atoms with van der Waals surface area (Å²) in [5.74, 6) is -2.39. The summed E-state index contributed by atoms with van der Waals surface area (Å²) in [6.45, 7) is 4.35. The van der Waals surface area contributed by atoms with Gasteiger partial charge in [0.1, 0.15) is 5.75 Å². The number of benzene rings is 3. The van der Waals surface area contributed by atoms with Gasteiger partial charge in [0, 0.05) is 11.6 Å². The highest BCUT2D eigenvalue weighted by atomic mass is 19.2. The van der Waals surface area contributed by atoms with Gasteiger partial charge in [0.2, 0.25) is 0 Å². The first kappa shape index (κ1) is 23.9. The van der Waals surface area contributed by atoms with Crippen LogP contribution in [0.4, 0.5) is 13.2 Å². The second kappa shape index (κ2) is 10.3. The molecule has 0 unspecified atom stereocenters. The van der Waals surface area contributed by atoms with E-state index in [9.17, 15) is 18.0 Å². The molecule has 6 heteroatoms. The summed E-state index contributed by atoms with van der Waals surface area (Å²) in [6, 6.07) is 13.2. The summed E-state index contributed by atoms with van der Waals surface area (Å²) in [5, 5.41) is 0. The predicted octanol–water partition coefficient (Wildman–Crippen LogP) is 7.68. The van der Waals surface area contributed by atoms with Crippen LogP contribution in [-0.4, -0.2) is 12.6 Å². The largest absolute Gasteiger partial charge is 0.494 e. The molecule has 3 aromatic carbocycles. The van der Waals surface area contributed by atoms with E-state index in [1.54, 1.807) is 19.1 Å². The molecule has 0 spiro atoms. The highest BCUT2D eigenvalue weighted by Gasteiger charge is 2.25. The average molecular weight is 469 g/mol. The third-order valence-corrected chi connectivity index (χ3v) is 6.42. The van der Waals surface area contributed by atoms with E-state index < -0.39 is 23.4 Å². The van der Waals surface area contributed by atoms with Crippen molar-refractivity contribution in [3.05, 3.63) is 83.2 Å². The average Bonchev–Trinajstić information content (AvgIpc) is 2.83. The first-order valence-corrected chi connectivity index (χ1v) is 11.6. The molecule has 0 aromatic heterocycles. The van der Waals surface area contributed by atoms with Crippen molar-refractivity contribution < 1.29 is 27.4 Å². The topological polar surface area (TPSA) is 35.5 Å². The first-order chi connectivity index (χ1) is 16.4. The third kappa shape index (κ3) is 5.11. The van der Waals surface area contributed by atoms with Crippen LogP contribution in [0, 0.1) is 23.4 Å². The van der Waals surface area contributed by atoms with Crippen LogP contribution < -0.4 is 9.47 Å². The van der Waals surface area contributed by atoms with E-state index in [-0.39, 0.29) is 22.8 Å². The lowest BCUT2D eigenvalue weighted by Crippen LogP contribution is -2.13. The highest BCUT2D eigenvalue weighted by Crippen LogP contribution is 2.38. The summed E-state index contributed by atoms with van der Waals surface area (Å²) < 4.78 is 54.4. The molecule has 1 aliphatic carbocycles. The van der Waals surface area contributed by atoms with Gasteiger partial charge >= 0.3 is 5.97 Å². The smallest absolute Gasteiger partial charge is 0.343 e. The quantitative estimate of drug-likeness (QED) is 0.275. The van der Waals surface area contributed by atoms with Gasteiger partial charge in [-0.25, -0.2) is 18.0 Å². The summed E-state index contributed by atoms with van der Waals surface area (Å²) in [7, 11) is 0. The normalized spacial score (nSPS) is 17.9. The van der Waals surface area contributed by atoms with Gasteiger partial charge in [-0.15, -0.1) is 0 Å². The minimum absolute atomic E-state index is 0.0416. The molecule has 0 radical (unpaired) electrons. The van der Waals surface area contributed by atoms with Crippen LogP contribution >= 0.6 is 0 Å². The SMILES string of the molecule is CCOc1ccc(OC(=O)c2ccc(-c3ccc(C4CCC(C)CC4)c(F)c3F)cc2)c(F)c1. The number of halogens is 3. The second-order valence-electron chi connectivity index (χ2n) is 8.78. The van der Waals surface area contributed by atoms with Crippen LogP contribution in [0.15, 0.2) is 54.6 Å². The van der Waals surface area contributed by atoms with Crippen molar-refractivity contribution in [1.82, 2.24) is 0 Å². The van der Waals surface area contributed by atoms with E-state index >= 15 is 0 Å². The van der Waals surface area contributed by atoms with Crippen LogP contribution in [0.1, 0.15) is 61.4 Å². The molecule has 0 saturated heterocycles. The van der Waals surface area contributed by atoms with Crippen molar-refractivity contribution in [2.24, 2.45) is 5.92 Å². The molecule has 178 valence electrons. The van der Waals surface area contributed by atoms with Gasteiger partial charge in [0.25, 0.3) is 0 Å². The Morgan fingerprint density at radius 1 is 0.912 bits per heavy atom. The molecule has 1 saturated carbocycles. The number of hydrogen-bond acceptors (Lipinski definition) is 3. The highest BCUT2D eigenvalue weighted by molar-refractivity contribution is 5.91. The number of carbonyl (C=O) groups excluding carboxylic acids is 1. The van der Waals surface area contributed by atoms with E-state index in [1.807, 2.05) is 0 Å².